The second-order valence-electron chi connectivity index (χ2n) is 3.04. The molecule has 1 rings (SSSR count). The van der Waals surface area contributed by atoms with E-state index >= 15 is 0 Å². The number of carbonyl (C=O) groups excluding carboxylic acids is 1. The number of hydrogen-bond acceptors (Lipinski definition) is 2. The van der Waals surface area contributed by atoms with Gasteiger partial charge >= 0.3 is 0 Å². The predicted octanol–water partition coefficient (Wildman–Crippen LogP) is 2.87. The fourth-order valence-electron chi connectivity index (χ4n) is 1.09. The van der Waals surface area contributed by atoms with Gasteiger partial charge in [-0.2, -0.15) is 0 Å². The molecular weight excluding hydrogens is 262 g/mol. The zero-order chi connectivity index (χ0) is 10.7. The summed E-state index contributed by atoms with van der Waals surface area (Å²) in [6, 6.07) is 5.75. The Balaban J connectivity index is 3.17. The van der Waals surface area contributed by atoms with Gasteiger partial charge in [0.15, 0.2) is 0 Å². The summed E-state index contributed by atoms with van der Waals surface area (Å²) in [5.74, 6) is 0.0376. The summed E-state index contributed by atoms with van der Waals surface area (Å²) in [6.45, 7) is 0. The number of benzene rings is 1. The third-order valence-electron chi connectivity index (χ3n) is 1.80. The minimum absolute atomic E-state index is 0.0376. The fraction of sp³-hybridized carbons (Fsp3) is 0.300. The van der Waals surface area contributed by atoms with E-state index in [0.29, 0.717) is 0 Å². The lowest BCUT2D eigenvalue weighted by Crippen LogP contribution is -2.22. The number of thioether (sulfide) groups is 1. The summed E-state index contributed by atoms with van der Waals surface area (Å²) >= 11 is 4.94. The molecule has 0 aliphatic rings. The molecule has 0 N–H and O–H groups in total. The van der Waals surface area contributed by atoms with Crippen molar-refractivity contribution in [3.63, 3.8) is 0 Å². The van der Waals surface area contributed by atoms with Crippen molar-refractivity contribution in [2.45, 2.75) is 4.90 Å². The number of carbonyl (C=O) groups is 1. The van der Waals surface area contributed by atoms with Crippen LogP contribution in [0.25, 0.3) is 0 Å². The maximum atomic E-state index is 11.8. The third kappa shape index (κ3) is 2.51. The Morgan fingerprint density at radius 2 is 2.07 bits per heavy atom. The number of rotatable bonds is 2. The molecule has 2 nitrogen and oxygen atoms in total. The van der Waals surface area contributed by atoms with Gasteiger partial charge in [0.25, 0.3) is 5.91 Å². The second kappa shape index (κ2) is 4.84. The molecule has 4 heteroatoms. The first-order valence-corrected chi connectivity index (χ1v) is 6.13. The Hall–Kier alpha value is -0.480. The largest absolute Gasteiger partial charge is 0.345 e. The van der Waals surface area contributed by atoms with Crippen LogP contribution in [0.3, 0.4) is 0 Å². The van der Waals surface area contributed by atoms with E-state index in [4.69, 9.17) is 0 Å². The molecule has 0 saturated carbocycles. The summed E-state index contributed by atoms with van der Waals surface area (Å²) in [5, 5.41) is 0. The fourth-order valence-corrected chi connectivity index (χ4v) is 2.02. The molecule has 0 atom stereocenters. The van der Waals surface area contributed by atoms with Crippen molar-refractivity contribution >= 4 is 33.6 Å². The van der Waals surface area contributed by atoms with E-state index < -0.39 is 0 Å². The molecule has 0 aliphatic carbocycles. The van der Waals surface area contributed by atoms with Gasteiger partial charge in [-0.25, -0.2) is 0 Å². The van der Waals surface area contributed by atoms with Gasteiger partial charge in [-0.05, 0) is 24.5 Å². The molecule has 1 aromatic rings. The van der Waals surface area contributed by atoms with Crippen molar-refractivity contribution in [1.82, 2.24) is 4.90 Å². The van der Waals surface area contributed by atoms with E-state index in [1.165, 1.54) is 0 Å². The lowest BCUT2D eigenvalue weighted by molar-refractivity contribution is 0.0824. The second-order valence-corrected chi connectivity index (χ2v) is 4.81. The van der Waals surface area contributed by atoms with Gasteiger partial charge in [0.05, 0.1) is 5.56 Å². The third-order valence-corrected chi connectivity index (χ3v) is 3.09. The molecule has 0 bridgehead atoms. The van der Waals surface area contributed by atoms with Crippen molar-refractivity contribution in [3.8, 4) is 0 Å². The Bertz CT molecular complexity index is 352. The molecule has 76 valence electrons. The molecule has 0 unspecified atom stereocenters. The average molecular weight is 274 g/mol. The Morgan fingerprint density at radius 1 is 1.43 bits per heavy atom. The highest BCUT2D eigenvalue weighted by Gasteiger charge is 2.12. The molecule has 0 heterocycles. The number of amides is 1. The van der Waals surface area contributed by atoms with Gasteiger partial charge in [-0.3, -0.25) is 4.79 Å². The first-order chi connectivity index (χ1) is 6.56. The van der Waals surface area contributed by atoms with Gasteiger partial charge in [0, 0.05) is 23.5 Å². The van der Waals surface area contributed by atoms with Crippen molar-refractivity contribution in [1.29, 1.82) is 0 Å². The van der Waals surface area contributed by atoms with E-state index in [1.807, 2.05) is 24.5 Å². The maximum Gasteiger partial charge on any atom is 0.254 e. The number of hydrogen-bond donors (Lipinski definition) is 0. The number of nitrogens with zero attached hydrogens (tertiary/aromatic N) is 1. The van der Waals surface area contributed by atoms with Crippen LogP contribution in [-0.4, -0.2) is 31.2 Å². The molecule has 0 aliphatic heterocycles. The minimum atomic E-state index is 0.0376. The van der Waals surface area contributed by atoms with Crippen LogP contribution >= 0.6 is 27.7 Å². The minimum Gasteiger partial charge on any atom is -0.345 e. The monoisotopic (exact) mass is 273 g/mol. The van der Waals surface area contributed by atoms with Crippen LogP contribution in [0, 0.1) is 0 Å². The summed E-state index contributed by atoms with van der Waals surface area (Å²) in [4.78, 5) is 14.4. The molecular formula is C10H12BrNOS. The molecule has 0 spiro atoms. The van der Waals surface area contributed by atoms with Crippen LogP contribution in [-0.2, 0) is 0 Å². The lowest BCUT2D eigenvalue weighted by atomic mass is 10.2. The molecule has 1 aromatic carbocycles. The van der Waals surface area contributed by atoms with Gasteiger partial charge in [-0.15, -0.1) is 11.8 Å². The molecule has 0 aromatic heterocycles. The summed E-state index contributed by atoms with van der Waals surface area (Å²) in [7, 11) is 3.51. The molecule has 0 fully saturated rings. The molecule has 0 radical (unpaired) electrons. The first kappa shape index (κ1) is 11.6. The normalized spacial score (nSPS) is 10.0. The quantitative estimate of drug-likeness (QED) is 0.773. The van der Waals surface area contributed by atoms with E-state index in [2.05, 4.69) is 15.9 Å². The zero-order valence-electron chi connectivity index (χ0n) is 8.37. The van der Waals surface area contributed by atoms with E-state index in [-0.39, 0.29) is 5.91 Å². The average Bonchev–Trinajstić information content (AvgIpc) is 2.16. The van der Waals surface area contributed by atoms with Crippen LogP contribution in [0.2, 0.25) is 0 Å². The molecule has 14 heavy (non-hydrogen) atoms. The van der Waals surface area contributed by atoms with Crippen molar-refractivity contribution in [2.75, 3.05) is 20.4 Å². The van der Waals surface area contributed by atoms with E-state index in [1.54, 1.807) is 30.8 Å². The van der Waals surface area contributed by atoms with E-state index in [9.17, 15) is 4.79 Å². The Morgan fingerprint density at radius 3 is 2.57 bits per heavy atom. The topological polar surface area (TPSA) is 20.3 Å². The Kier molecular flexibility index (Phi) is 4.01. The summed E-state index contributed by atoms with van der Waals surface area (Å²) in [6.07, 6.45) is 1.97. The van der Waals surface area contributed by atoms with Gasteiger partial charge in [0.2, 0.25) is 0 Å². The standard InChI is InChI=1S/C10H12BrNOS/c1-12(2)10(13)8-6-7(11)4-5-9(8)14-3/h4-6H,1-3H3. The zero-order valence-corrected chi connectivity index (χ0v) is 10.8. The van der Waals surface area contributed by atoms with Gasteiger partial charge in [-0.1, -0.05) is 15.9 Å². The van der Waals surface area contributed by atoms with Crippen LogP contribution in [0.15, 0.2) is 27.6 Å². The predicted molar refractivity (Wildman–Crippen MR) is 63.9 cm³/mol. The van der Waals surface area contributed by atoms with Crippen molar-refractivity contribution < 1.29 is 4.79 Å². The smallest absolute Gasteiger partial charge is 0.254 e. The highest BCUT2D eigenvalue weighted by Crippen LogP contribution is 2.24. The van der Waals surface area contributed by atoms with E-state index in [0.717, 1.165) is 14.9 Å². The van der Waals surface area contributed by atoms with Crippen molar-refractivity contribution in [3.05, 3.63) is 28.2 Å². The van der Waals surface area contributed by atoms with Crippen LogP contribution in [0.5, 0.6) is 0 Å². The highest BCUT2D eigenvalue weighted by atomic mass is 79.9. The molecule has 0 saturated heterocycles. The molecule has 1 amide bonds. The van der Waals surface area contributed by atoms with Crippen LogP contribution < -0.4 is 0 Å². The summed E-state index contributed by atoms with van der Waals surface area (Å²) < 4.78 is 0.931. The van der Waals surface area contributed by atoms with Crippen LogP contribution in [0.4, 0.5) is 0 Å². The van der Waals surface area contributed by atoms with Crippen molar-refractivity contribution in [2.24, 2.45) is 0 Å². The highest BCUT2D eigenvalue weighted by molar-refractivity contribution is 9.10. The SMILES string of the molecule is CSc1ccc(Br)cc1C(=O)N(C)C. The van der Waals surface area contributed by atoms with Crippen LogP contribution in [0.1, 0.15) is 10.4 Å². The lowest BCUT2D eigenvalue weighted by Gasteiger charge is -2.13. The first-order valence-electron chi connectivity index (χ1n) is 4.11. The Labute approximate surface area is 96.8 Å². The summed E-state index contributed by atoms with van der Waals surface area (Å²) in [5.41, 5.74) is 0.747. The van der Waals surface area contributed by atoms with Gasteiger partial charge in [0.1, 0.15) is 0 Å². The number of halogens is 1. The van der Waals surface area contributed by atoms with Gasteiger partial charge < -0.3 is 4.90 Å². The maximum absolute atomic E-state index is 11.8.